The summed E-state index contributed by atoms with van der Waals surface area (Å²) in [6, 6.07) is 11.9. The molecule has 0 atom stereocenters. The van der Waals surface area contributed by atoms with E-state index in [1.54, 1.807) is 4.68 Å². The van der Waals surface area contributed by atoms with Crippen LogP contribution in [0.1, 0.15) is 18.3 Å². The van der Waals surface area contributed by atoms with Crippen LogP contribution in [0.4, 0.5) is 0 Å². The summed E-state index contributed by atoms with van der Waals surface area (Å²) in [7, 11) is 0. The van der Waals surface area contributed by atoms with E-state index < -0.39 is 0 Å². The zero-order valence-electron chi connectivity index (χ0n) is 11.6. The van der Waals surface area contributed by atoms with Crippen molar-refractivity contribution in [1.29, 1.82) is 5.26 Å². The Kier molecular flexibility index (Phi) is 3.58. The lowest BCUT2D eigenvalue weighted by molar-refractivity contribution is 0.711. The Balaban J connectivity index is 2.15. The normalized spacial score (nSPS) is 10.7. The third-order valence-electron chi connectivity index (χ3n) is 3.15. The Morgan fingerprint density at radius 2 is 2.19 bits per heavy atom. The molecule has 6 heteroatoms. The fraction of sp³-hybridized carbons (Fsp3) is 0.200. The van der Waals surface area contributed by atoms with Gasteiger partial charge in [0.15, 0.2) is 5.82 Å². The number of rotatable bonds is 4. The van der Waals surface area contributed by atoms with Crippen molar-refractivity contribution < 1.29 is 0 Å². The fourth-order valence-electron chi connectivity index (χ4n) is 2.15. The standard InChI is InChI=1S/C15H14N6/c1-2-17-9-12-7-11-5-3-4-6-13(11)19-15(12)21-10-18-14(8-16)20-21/h3-7,10,17H,2,9H2,1H3. The van der Waals surface area contributed by atoms with Gasteiger partial charge in [-0.05, 0) is 18.7 Å². The van der Waals surface area contributed by atoms with Gasteiger partial charge in [-0.1, -0.05) is 25.1 Å². The molecule has 2 heterocycles. The molecular weight excluding hydrogens is 264 g/mol. The molecule has 2 aromatic heterocycles. The second-order valence-corrected chi connectivity index (χ2v) is 4.57. The predicted molar refractivity (Wildman–Crippen MR) is 78.8 cm³/mol. The molecule has 0 bridgehead atoms. The van der Waals surface area contributed by atoms with Gasteiger partial charge in [0.25, 0.3) is 5.82 Å². The van der Waals surface area contributed by atoms with Crippen LogP contribution in [-0.4, -0.2) is 26.3 Å². The summed E-state index contributed by atoms with van der Waals surface area (Å²) in [5, 5.41) is 17.4. The lowest BCUT2D eigenvalue weighted by Gasteiger charge is -2.10. The number of hydrogen-bond donors (Lipinski definition) is 1. The molecule has 0 amide bonds. The molecular formula is C15H14N6. The highest BCUT2D eigenvalue weighted by Gasteiger charge is 2.11. The number of hydrogen-bond acceptors (Lipinski definition) is 5. The Bertz CT molecular complexity index is 814. The first kappa shape index (κ1) is 13.2. The maximum atomic E-state index is 8.86. The summed E-state index contributed by atoms with van der Waals surface area (Å²) in [6.07, 6.45) is 1.52. The van der Waals surface area contributed by atoms with Crippen LogP contribution in [0.15, 0.2) is 36.7 Å². The Hall–Kier alpha value is -2.78. The zero-order chi connectivity index (χ0) is 14.7. The quantitative estimate of drug-likeness (QED) is 0.787. The summed E-state index contributed by atoms with van der Waals surface area (Å²) >= 11 is 0. The van der Waals surface area contributed by atoms with Gasteiger partial charge >= 0.3 is 0 Å². The highest BCUT2D eigenvalue weighted by molar-refractivity contribution is 5.80. The molecule has 0 saturated heterocycles. The van der Waals surface area contributed by atoms with Crippen molar-refractivity contribution in [3.8, 4) is 11.9 Å². The summed E-state index contributed by atoms with van der Waals surface area (Å²) in [4.78, 5) is 8.60. The zero-order valence-corrected chi connectivity index (χ0v) is 11.6. The molecule has 0 fully saturated rings. The van der Waals surface area contributed by atoms with E-state index in [0.29, 0.717) is 12.4 Å². The minimum Gasteiger partial charge on any atom is -0.313 e. The number of aromatic nitrogens is 4. The SMILES string of the molecule is CCNCc1cc2ccccc2nc1-n1cnc(C#N)n1. The molecule has 0 aliphatic heterocycles. The van der Waals surface area contributed by atoms with Crippen LogP contribution in [0.5, 0.6) is 0 Å². The van der Waals surface area contributed by atoms with Crippen LogP contribution in [0.25, 0.3) is 16.7 Å². The first-order chi connectivity index (χ1) is 10.3. The summed E-state index contributed by atoms with van der Waals surface area (Å²) in [5.41, 5.74) is 1.91. The molecule has 104 valence electrons. The van der Waals surface area contributed by atoms with Gasteiger partial charge in [-0.25, -0.2) is 14.6 Å². The van der Waals surface area contributed by atoms with Gasteiger partial charge in [0.1, 0.15) is 12.4 Å². The number of nitrogens with zero attached hydrogens (tertiary/aromatic N) is 5. The molecule has 0 aliphatic carbocycles. The predicted octanol–water partition coefficient (Wildman–Crippen LogP) is 1.80. The molecule has 3 rings (SSSR count). The van der Waals surface area contributed by atoms with Crippen LogP contribution >= 0.6 is 0 Å². The molecule has 3 aromatic rings. The number of nitrogens with one attached hydrogen (secondary N) is 1. The Morgan fingerprint density at radius 1 is 1.33 bits per heavy atom. The minimum atomic E-state index is 0.138. The third-order valence-corrected chi connectivity index (χ3v) is 3.15. The molecule has 1 aromatic carbocycles. The van der Waals surface area contributed by atoms with E-state index in [1.165, 1.54) is 6.33 Å². The van der Waals surface area contributed by atoms with Crippen molar-refractivity contribution in [2.45, 2.75) is 13.5 Å². The summed E-state index contributed by atoms with van der Waals surface area (Å²) in [6.45, 7) is 3.61. The van der Waals surface area contributed by atoms with Crippen LogP contribution in [0.2, 0.25) is 0 Å². The first-order valence-corrected chi connectivity index (χ1v) is 6.73. The van der Waals surface area contributed by atoms with E-state index in [2.05, 4.69) is 33.4 Å². The maximum absolute atomic E-state index is 8.86. The van der Waals surface area contributed by atoms with Crippen LogP contribution < -0.4 is 5.32 Å². The molecule has 0 unspecified atom stereocenters. The molecule has 0 spiro atoms. The third kappa shape index (κ3) is 2.59. The van der Waals surface area contributed by atoms with Crippen molar-refractivity contribution in [3.05, 3.63) is 48.0 Å². The number of nitriles is 1. The minimum absolute atomic E-state index is 0.138. The highest BCUT2D eigenvalue weighted by Crippen LogP contribution is 2.19. The molecule has 1 N–H and O–H groups in total. The van der Waals surface area contributed by atoms with E-state index in [4.69, 9.17) is 5.26 Å². The fourth-order valence-corrected chi connectivity index (χ4v) is 2.15. The van der Waals surface area contributed by atoms with Gasteiger partial charge in [0.2, 0.25) is 0 Å². The van der Waals surface area contributed by atoms with Gasteiger partial charge in [0, 0.05) is 17.5 Å². The number of benzene rings is 1. The van der Waals surface area contributed by atoms with E-state index in [9.17, 15) is 0 Å². The van der Waals surface area contributed by atoms with Crippen molar-refractivity contribution >= 4 is 10.9 Å². The van der Waals surface area contributed by atoms with Crippen molar-refractivity contribution in [3.63, 3.8) is 0 Å². The lowest BCUT2D eigenvalue weighted by atomic mass is 10.1. The van der Waals surface area contributed by atoms with Crippen molar-refractivity contribution in [2.75, 3.05) is 6.54 Å². The van der Waals surface area contributed by atoms with E-state index in [-0.39, 0.29) is 5.82 Å². The second-order valence-electron chi connectivity index (χ2n) is 4.57. The molecule has 0 radical (unpaired) electrons. The van der Waals surface area contributed by atoms with E-state index in [1.807, 2.05) is 30.3 Å². The second kappa shape index (κ2) is 5.69. The van der Waals surface area contributed by atoms with Gasteiger partial charge in [-0.3, -0.25) is 0 Å². The monoisotopic (exact) mass is 278 g/mol. The van der Waals surface area contributed by atoms with E-state index >= 15 is 0 Å². The first-order valence-electron chi connectivity index (χ1n) is 6.73. The van der Waals surface area contributed by atoms with Gasteiger partial charge < -0.3 is 5.32 Å². The largest absolute Gasteiger partial charge is 0.313 e. The van der Waals surface area contributed by atoms with Crippen LogP contribution in [-0.2, 0) is 6.54 Å². The van der Waals surface area contributed by atoms with Gasteiger partial charge in [-0.15, -0.1) is 5.10 Å². The lowest BCUT2D eigenvalue weighted by Crippen LogP contribution is -2.15. The van der Waals surface area contributed by atoms with Gasteiger partial charge in [0.05, 0.1) is 5.52 Å². The van der Waals surface area contributed by atoms with Crippen LogP contribution in [0, 0.1) is 11.3 Å². The molecule has 0 aliphatic rings. The van der Waals surface area contributed by atoms with Gasteiger partial charge in [-0.2, -0.15) is 5.26 Å². The summed E-state index contributed by atoms with van der Waals surface area (Å²) in [5.74, 6) is 0.836. The topological polar surface area (TPSA) is 79.4 Å². The van der Waals surface area contributed by atoms with Crippen molar-refractivity contribution in [1.82, 2.24) is 25.1 Å². The molecule has 21 heavy (non-hydrogen) atoms. The Morgan fingerprint density at radius 3 is 2.95 bits per heavy atom. The van der Waals surface area contributed by atoms with Crippen LogP contribution in [0.3, 0.4) is 0 Å². The number of fused-ring (bicyclic) bond motifs is 1. The summed E-state index contributed by atoms with van der Waals surface area (Å²) < 4.78 is 1.55. The molecule has 6 nitrogen and oxygen atoms in total. The van der Waals surface area contributed by atoms with E-state index in [0.717, 1.165) is 23.0 Å². The molecule has 0 saturated carbocycles. The number of pyridine rings is 1. The maximum Gasteiger partial charge on any atom is 0.252 e. The Labute approximate surface area is 122 Å². The average Bonchev–Trinajstić information content (AvgIpc) is 3.01. The average molecular weight is 278 g/mol. The highest BCUT2D eigenvalue weighted by atomic mass is 15.4. The number of para-hydroxylation sites is 1. The van der Waals surface area contributed by atoms with Crippen molar-refractivity contribution in [2.24, 2.45) is 0 Å². The smallest absolute Gasteiger partial charge is 0.252 e.